The molecule has 0 atom stereocenters. The molecule has 0 aliphatic heterocycles. The Hall–Kier alpha value is -1.18. The van der Waals surface area contributed by atoms with Crippen LogP contribution in [0.1, 0.15) is 15.2 Å². The highest BCUT2D eigenvalue weighted by molar-refractivity contribution is 7.12. The van der Waals surface area contributed by atoms with E-state index in [1.165, 1.54) is 0 Å². The topological polar surface area (TPSA) is 37.3 Å². The van der Waals surface area contributed by atoms with Gasteiger partial charge >= 0.3 is 18.1 Å². The molecule has 1 rings (SSSR count). The highest BCUT2D eigenvalue weighted by Crippen LogP contribution is 2.46. The molecule has 0 spiro atoms. The Morgan fingerprint density at radius 1 is 1.27 bits per heavy atom. The molecule has 0 aromatic carbocycles. The van der Waals surface area contributed by atoms with Crippen molar-refractivity contribution in [2.45, 2.75) is 12.1 Å². The molecule has 0 amide bonds. The smallest absolute Gasteiger partial charge is 0.458 e. The van der Waals surface area contributed by atoms with E-state index in [9.17, 15) is 26.7 Å². The van der Waals surface area contributed by atoms with E-state index in [1.807, 2.05) is 0 Å². The van der Waals surface area contributed by atoms with Crippen molar-refractivity contribution < 1.29 is 31.9 Å². The number of hydrogen-bond acceptors (Lipinski definition) is 2. The summed E-state index contributed by atoms with van der Waals surface area (Å²) in [6.45, 7) is 0. The van der Waals surface area contributed by atoms with Gasteiger partial charge in [-0.15, -0.1) is 11.3 Å². The molecule has 0 aliphatic carbocycles. The number of aromatic carboxylic acids is 1. The van der Waals surface area contributed by atoms with Crippen molar-refractivity contribution in [3.05, 3.63) is 21.9 Å². The Morgan fingerprint density at radius 2 is 1.80 bits per heavy atom. The maximum absolute atomic E-state index is 12.7. The van der Waals surface area contributed by atoms with E-state index in [4.69, 9.17) is 5.11 Å². The molecule has 2 nitrogen and oxygen atoms in total. The van der Waals surface area contributed by atoms with Gasteiger partial charge in [0, 0.05) is 0 Å². The number of rotatable bonds is 2. The van der Waals surface area contributed by atoms with Crippen molar-refractivity contribution in [2.75, 3.05) is 0 Å². The fourth-order valence-corrected chi connectivity index (χ4v) is 1.64. The first-order chi connectivity index (χ1) is 6.68. The Morgan fingerprint density at radius 3 is 2.20 bits per heavy atom. The van der Waals surface area contributed by atoms with Crippen molar-refractivity contribution in [2.24, 2.45) is 0 Å². The summed E-state index contributed by atoms with van der Waals surface area (Å²) in [6, 6.07) is 0.460. The van der Waals surface area contributed by atoms with Crippen LogP contribution in [0.2, 0.25) is 0 Å². The molecular formula is C7H3F5O2S. The Balaban J connectivity index is 3.27. The lowest BCUT2D eigenvalue weighted by atomic mass is 10.1. The standard InChI is InChI=1S/C7H3F5O2S/c8-6(9,7(10,11)12)3-1-2-15-4(3)5(13)14/h1-2H,(H,13,14). The second kappa shape index (κ2) is 3.44. The SMILES string of the molecule is O=C(O)c1sccc1C(F)(F)C(F)(F)F. The predicted octanol–water partition coefficient (Wildman–Crippen LogP) is 3.10. The molecule has 15 heavy (non-hydrogen) atoms. The highest BCUT2D eigenvalue weighted by atomic mass is 32.1. The number of alkyl halides is 5. The third kappa shape index (κ3) is 1.94. The van der Waals surface area contributed by atoms with Gasteiger partial charge in [-0.1, -0.05) is 0 Å². The summed E-state index contributed by atoms with van der Waals surface area (Å²) in [5, 5.41) is 9.27. The largest absolute Gasteiger partial charge is 0.477 e. The summed E-state index contributed by atoms with van der Waals surface area (Å²) in [6.07, 6.45) is -5.79. The summed E-state index contributed by atoms with van der Waals surface area (Å²) in [5.74, 6) is -6.94. The molecule has 1 aromatic rings. The van der Waals surface area contributed by atoms with Gasteiger partial charge in [-0.05, 0) is 11.4 Å². The van der Waals surface area contributed by atoms with Crippen LogP contribution < -0.4 is 0 Å². The van der Waals surface area contributed by atoms with Crippen molar-refractivity contribution in [1.29, 1.82) is 0 Å². The molecule has 0 fully saturated rings. The molecule has 0 saturated carbocycles. The molecule has 8 heteroatoms. The van der Waals surface area contributed by atoms with Crippen LogP contribution in [0.3, 0.4) is 0 Å². The van der Waals surface area contributed by atoms with Gasteiger partial charge in [-0.25, -0.2) is 4.79 Å². The molecular weight excluding hydrogens is 243 g/mol. The molecule has 0 aliphatic rings. The number of carboxylic acid groups (broad SMARTS) is 1. The average Bonchev–Trinajstić information content (AvgIpc) is 2.48. The summed E-state index contributed by atoms with van der Waals surface area (Å²) in [7, 11) is 0. The van der Waals surface area contributed by atoms with E-state index in [1.54, 1.807) is 0 Å². The van der Waals surface area contributed by atoms with E-state index in [0.717, 1.165) is 5.38 Å². The Bertz CT molecular complexity index is 381. The summed E-state index contributed by atoms with van der Waals surface area (Å²) < 4.78 is 61.2. The van der Waals surface area contributed by atoms with Crippen LogP contribution in [0.15, 0.2) is 11.4 Å². The third-order valence-corrected chi connectivity index (χ3v) is 2.46. The van der Waals surface area contributed by atoms with Crippen LogP contribution in [-0.4, -0.2) is 17.3 Å². The van der Waals surface area contributed by atoms with Gasteiger partial charge in [0.2, 0.25) is 0 Å². The number of thiophene rings is 1. The minimum Gasteiger partial charge on any atom is -0.477 e. The normalized spacial score (nSPS) is 12.9. The molecule has 1 aromatic heterocycles. The lowest BCUT2D eigenvalue weighted by molar-refractivity contribution is -0.289. The fraction of sp³-hybridized carbons (Fsp3) is 0.286. The lowest BCUT2D eigenvalue weighted by Crippen LogP contribution is -2.34. The molecule has 1 N–H and O–H groups in total. The molecule has 0 saturated heterocycles. The molecule has 0 bridgehead atoms. The van der Waals surface area contributed by atoms with Gasteiger partial charge in [0.15, 0.2) is 0 Å². The molecule has 84 valence electrons. The first kappa shape index (κ1) is 11.9. The van der Waals surface area contributed by atoms with Gasteiger partial charge in [0.25, 0.3) is 0 Å². The Kier molecular flexibility index (Phi) is 2.73. The monoisotopic (exact) mass is 246 g/mol. The van der Waals surface area contributed by atoms with Crippen molar-refractivity contribution in [3.63, 3.8) is 0 Å². The van der Waals surface area contributed by atoms with Crippen molar-refractivity contribution >= 4 is 17.3 Å². The first-order valence-corrected chi connectivity index (χ1v) is 4.31. The lowest BCUT2D eigenvalue weighted by Gasteiger charge is -2.19. The van der Waals surface area contributed by atoms with Crippen LogP contribution in [-0.2, 0) is 5.92 Å². The van der Waals surface area contributed by atoms with E-state index in [0.29, 0.717) is 17.4 Å². The quantitative estimate of drug-likeness (QED) is 0.814. The van der Waals surface area contributed by atoms with Crippen molar-refractivity contribution in [3.8, 4) is 0 Å². The minimum atomic E-state index is -5.79. The maximum Gasteiger partial charge on any atom is 0.458 e. The predicted molar refractivity (Wildman–Crippen MR) is 41.2 cm³/mol. The maximum atomic E-state index is 12.7. The summed E-state index contributed by atoms with van der Waals surface area (Å²) in [5.41, 5.74) is -1.52. The second-order valence-electron chi connectivity index (χ2n) is 2.54. The van der Waals surface area contributed by atoms with Gasteiger partial charge < -0.3 is 5.11 Å². The van der Waals surface area contributed by atoms with E-state index >= 15 is 0 Å². The van der Waals surface area contributed by atoms with E-state index in [2.05, 4.69) is 0 Å². The fourth-order valence-electron chi connectivity index (χ4n) is 0.875. The van der Waals surface area contributed by atoms with Crippen LogP contribution in [0, 0.1) is 0 Å². The van der Waals surface area contributed by atoms with Crippen LogP contribution in [0.5, 0.6) is 0 Å². The third-order valence-electron chi connectivity index (χ3n) is 1.55. The second-order valence-corrected chi connectivity index (χ2v) is 3.46. The van der Waals surface area contributed by atoms with Gasteiger partial charge in [-0.3, -0.25) is 0 Å². The zero-order valence-corrected chi connectivity index (χ0v) is 7.62. The number of carbonyl (C=O) groups is 1. The zero-order chi connectivity index (χ0) is 11.9. The average molecular weight is 246 g/mol. The molecule has 0 radical (unpaired) electrons. The summed E-state index contributed by atoms with van der Waals surface area (Å²) >= 11 is 0.321. The van der Waals surface area contributed by atoms with Gasteiger partial charge in [-0.2, -0.15) is 22.0 Å². The highest BCUT2D eigenvalue weighted by Gasteiger charge is 2.60. The zero-order valence-electron chi connectivity index (χ0n) is 6.81. The van der Waals surface area contributed by atoms with E-state index < -0.39 is 28.5 Å². The first-order valence-electron chi connectivity index (χ1n) is 3.43. The van der Waals surface area contributed by atoms with Crippen LogP contribution in [0.25, 0.3) is 0 Å². The molecule has 1 heterocycles. The number of carboxylic acids is 1. The summed E-state index contributed by atoms with van der Waals surface area (Å²) in [4.78, 5) is 9.36. The van der Waals surface area contributed by atoms with Crippen LogP contribution in [0.4, 0.5) is 22.0 Å². The number of halogens is 5. The minimum absolute atomic E-state index is 0.321. The van der Waals surface area contributed by atoms with E-state index in [-0.39, 0.29) is 0 Å². The van der Waals surface area contributed by atoms with Crippen LogP contribution >= 0.6 is 11.3 Å². The van der Waals surface area contributed by atoms with Crippen molar-refractivity contribution in [1.82, 2.24) is 0 Å². The molecule has 0 unspecified atom stereocenters. The van der Waals surface area contributed by atoms with Gasteiger partial charge in [0.1, 0.15) is 4.88 Å². The Labute approximate surface area is 84.0 Å². The van der Waals surface area contributed by atoms with Gasteiger partial charge in [0.05, 0.1) is 5.56 Å². The number of hydrogen-bond donors (Lipinski definition) is 1.